The smallest absolute Gasteiger partial charge is 0.339 e. The van der Waals surface area contributed by atoms with Crippen molar-refractivity contribution < 1.29 is 18.7 Å². The highest BCUT2D eigenvalue weighted by atomic mass is 19.1. The van der Waals surface area contributed by atoms with Crippen LogP contribution in [0.5, 0.6) is 0 Å². The van der Waals surface area contributed by atoms with Crippen molar-refractivity contribution in [3.63, 3.8) is 0 Å². The molecule has 0 spiro atoms. The molecule has 6 heteroatoms. The van der Waals surface area contributed by atoms with E-state index in [1.54, 1.807) is 0 Å². The van der Waals surface area contributed by atoms with Crippen molar-refractivity contribution >= 4 is 5.97 Å². The largest absolute Gasteiger partial charge is 0.478 e. The molecule has 0 saturated heterocycles. The van der Waals surface area contributed by atoms with Crippen molar-refractivity contribution in [2.75, 3.05) is 0 Å². The minimum atomic E-state index is -1.30. The summed E-state index contributed by atoms with van der Waals surface area (Å²) in [6.07, 6.45) is 1.01. The van der Waals surface area contributed by atoms with Gasteiger partial charge < -0.3 is 5.11 Å². The molecule has 1 heterocycles. The van der Waals surface area contributed by atoms with E-state index in [-0.39, 0.29) is 16.8 Å². The number of aromatic carboxylic acids is 1. The average Bonchev–Trinajstić information content (AvgIpc) is 2.73. The summed E-state index contributed by atoms with van der Waals surface area (Å²) in [5, 5.41) is 14.7. The number of nitrogens with one attached hydrogen (secondary N) is 1. The maximum atomic E-state index is 13.8. The fourth-order valence-corrected chi connectivity index (χ4v) is 1.52. The SMILES string of the molecule is Cc1ccc(F)c(-c2[nH]ncc2C(=O)O)c1F. The van der Waals surface area contributed by atoms with Gasteiger partial charge in [0.2, 0.25) is 0 Å². The highest BCUT2D eigenvalue weighted by Gasteiger charge is 2.21. The van der Waals surface area contributed by atoms with E-state index in [0.717, 1.165) is 12.3 Å². The van der Waals surface area contributed by atoms with Crippen LogP contribution in [0.2, 0.25) is 0 Å². The van der Waals surface area contributed by atoms with Gasteiger partial charge in [0.1, 0.15) is 17.2 Å². The lowest BCUT2D eigenvalue weighted by molar-refractivity contribution is 0.0698. The van der Waals surface area contributed by atoms with Crippen LogP contribution in [0, 0.1) is 18.6 Å². The van der Waals surface area contributed by atoms with Gasteiger partial charge in [0.05, 0.1) is 17.5 Å². The number of aryl methyl sites for hydroxylation is 1. The number of carboxylic acid groups (broad SMARTS) is 1. The molecule has 0 radical (unpaired) electrons. The second-order valence-corrected chi connectivity index (χ2v) is 3.52. The molecule has 0 saturated carbocycles. The zero-order chi connectivity index (χ0) is 12.6. The molecule has 0 aliphatic heterocycles. The Balaban J connectivity index is 2.72. The number of rotatable bonds is 2. The molecule has 1 aromatic carbocycles. The van der Waals surface area contributed by atoms with E-state index in [1.165, 1.54) is 13.0 Å². The summed E-state index contributed by atoms with van der Waals surface area (Å²) >= 11 is 0. The van der Waals surface area contributed by atoms with Gasteiger partial charge in [0, 0.05) is 0 Å². The van der Waals surface area contributed by atoms with Gasteiger partial charge in [0.15, 0.2) is 0 Å². The molecular weight excluding hydrogens is 230 g/mol. The Labute approximate surface area is 94.9 Å². The Morgan fingerprint density at radius 3 is 2.76 bits per heavy atom. The van der Waals surface area contributed by atoms with Crippen LogP contribution in [-0.4, -0.2) is 21.3 Å². The maximum absolute atomic E-state index is 13.8. The minimum absolute atomic E-state index is 0.170. The molecule has 2 aromatic rings. The van der Waals surface area contributed by atoms with E-state index in [9.17, 15) is 13.6 Å². The molecule has 0 aliphatic rings. The molecule has 1 aromatic heterocycles. The van der Waals surface area contributed by atoms with E-state index < -0.39 is 23.2 Å². The first-order valence-corrected chi connectivity index (χ1v) is 4.74. The van der Waals surface area contributed by atoms with E-state index >= 15 is 0 Å². The highest BCUT2D eigenvalue weighted by molar-refractivity contribution is 5.94. The fraction of sp³-hybridized carbons (Fsp3) is 0.0909. The first-order valence-electron chi connectivity index (χ1n) is 4.74. The van der Waals surface area contributed by atoms with Gasteiger partial charge in [-0.2, -0.15) is 5.10 Å². The molecule has 0 bridgehead atoms. The third-order valence-electron chi connectivity index (χ3n) is 2.40. The summed E-state index contributed by atoms with van der Waals surface area (Å²) < 4.78 is 27.3. The minimum Gasteiger partial charge on any atom is -0.478 e. The molecule has 2 N–H and O–H groups in total. The second kappa shape index (κ2) is 3.97. The summed E-state index contributed by atoms with van der Waals surface area (Å²) in [4.78, 5) is 10.9. The summed E-state index contributed by atoms with van der Waals surface area (Å²) in [5.41, 5.74) is -0.614. The van der Waals surface area contributed by atoms with Gasteiger partial charge in [-0.3, -0.25) is 5.10 Å². The van der Waals surface area contributed by atoms with Crippen molar-refractivity contribution in [1.29, 1.82) is 0 Å². The van der Waals surface area contributed by atoms with Gasteiger partial charge in [-0.15, -0.1) is 0 Å². The number of H-pyrrole nitrogens is 1. The summed E-state index contributed by atoms with van der Waals surface area (Å²) in [6, 6.07) is 2.37. The van der Waals surface area contributed by atoms with Crippen LogP contribution >= 0.6 is 0 Å². The Morgan fingerprint density at radius 1 is 1.41 bits per heavy atom. The molecule has 4 nitrogen and oxygen atoms in total. The predicted molar refractivity (Wildman–Crippen MR) is 55.6 cm³/mol. The highest BCUT2D eigenvalue weighted by Crippen LogP contribution is 2.28. The molecular formula is C11H8F2N2O2. The van der Waals surface area contributed by atoms with Gasteiger partial charge in [0.25, 0.3) is 0 Å². The van der Waals surface area contributed by atoms with E-state index in [0.29, 0.717) is 0 Å². The molecule has 2 rings (SSSR count). The van der Waals surface area contributed by atoms with Gasteiger partial charge in [-0.05, 0) is 18.6 Å². The summed E-state index contributed by atoms with van der Waals surface area (Å²) in [7, 11) is 0. The van der Waals surface area contributed by atoms with Crippen molar-refractivity contribution in [3.8, 4) is 11.3 Å². The number of hydrogen-bond donors (Lipinski definition) is 2. The Kier molecular flexibility index (Phi) is 2.63. The van der Waals surface area contributed by atoms with Crippen molar-refractivity contribution in [2.45, 2.75) is 6.92 Å². The van der Waals surface area contributed by atoms with E-state index in [1.807, 2.05) is 0 Å². The number of halogens is 2. The maximum Gasteiger partial charge on any atom is 0.339 e. The topological polar surface area (TPSA) is 66.0 Å². The number of benzene rings is 1. The van der Waals surface area contributed by atoms with E-state index in [2.05, 4.69) is 10.2 Å². The van der Waals surface area contributed by atoms with E-state index in [4.69, 9.17) is 5.11 Å². The van der Waals surface area contributed by atoms with Gasteiger partial charge in [-0.25, -0.2) is 13.6 Å². The van der Waals surface area contributed by atoms with Crippen LogP contribution in [0.15, 0.2) is 18.3 Å². The third-order valence-corrected chi connectivity index (χ3v) is 2.40. The van der Waals surface area contributed by atoms with Crippen LogP contribution < -0.4 is 0 Å². The number of aromatic nitrogens is 2. The Hall–Kier alpha value is -2.24. The third kappa shape index (κ3) is 1.77. The zero-order valence-corrected chi connectivity index (χ0v) is 8.79. The molecule has 0 unspecified atom stereocenters. The van der Waals surface area contributed by atoms with Crippen LogP contribution in [-0.2, 0) is 0 Å². The van der Waals surface area contributed by atoms with Gasteiger partial charge in [-0.1, -0.05) is 6.07 Å². The standard InChI is InChI=1S/C11H8F2N2O2/c1-5-2-3-7(12)8(9(5)13)10-6(11(16)17)4-14-15-10/h2-4H,1H3,(H,14,15)(H,16,17). The van der Waals surface area contributed by atoms with Crippen molar-refractivity contribution in [3.05, 3.63) is 41.1 Å². The lowest BCUT2D eigenvalue weighted by atomic mass is 10.0. The quantitative estimate of drug-likeness (QED) is 0.844. The zero-order valence-electron chi connectivity index (χ0n) is 8.79. The van der Waals surface area contributed by atoms with Crippen LogP contribution in [0.25, 0.3) is 11.3 Å². The Morgan fingerprint density at radius 2 is 2.12 bits per heavy atom. The summed E-state index contributed by atoms with van der Waals surface area (Å²) in [6.45, 7) is 1.47. The normalized spacial score (nSPS) is 10.5. The van der Waals surface area contributed by atoms with Crippen LogP contribution in [0.4, 0.5) is 8.78 Å². The van der Waals surface area contributed by atoms with Crippen molar-refractivity contribution in [2.24, 2.45) is 0 Å². The second-order valence-electron chi connectivity index (χ2n) is 3.52. The number of hydrogen-bond acceptors (Lipinski definition) is 2. The predicted octanol–water partition coefficient (Wildman–Crippen LogP) is 2.36. The Bertz CT molecular complexity index is 593. The van der Waals surface area contributed by atoms with Crippen LogP contribution in [0.3, 0.4) is 0 Å². The molecule has 17 heavy (non-hydrogen) atoms. The number of nitrogens with zero attached hydrogens (tertiary/aromatic N) is 1. The monoisotopic (exact) mass is 238 g/mol. The first-order chi connectivity index (χ1) is 8.02. The van der Waals surface area contributed by atoms with Gasteiger partial charge >= 0.3 is 5.97 Å². The molecule has 0 amide bonds. The van der Waals surface area contributed by atoms with Crippen LogP contribution in [0.1, 0.15) is 15.9 Å². The average molecular weight is 238 g/mol. The number of carbonyl (C=O) groups is 1. The molecule has 0 aliphatic carbocycles. The lowest BCUT2D eigenvalue weighted by Crippen LogP contribution is -2.01. The lowest BCUT2D eigenvalue weighted by Gasteiger charge is -2.06. The molecule has 0 atom stereocenters. The number of aromatic amines is 1. The molecule has 88 valence electrons. The number of carboxylic acids is 1. The fourth-order valence-electron chi connectivity index (χ4n) is 1.52. The van der Waals surface area contributed by atoms with Crippen molar-refractivity contribution in [1.82, 2.24) is 10.2 Å². The first kappa shape index (κ1) is 11.3. The summed E-state index contributed by atoms with van der Waals surface area (Å²) in [5.74, 6) is -2.93. The molecule has 0 fully saturated rings.